The minimum Gasteiger partial charge on any atom is -0.484 e. The van der Waals surface area contributed by atoms with Crippen molar-refractivity contribution in [2.75, 3.05) is 25.1 Å². The highest BCUT2D eigenvalue weighted by atomic mass is 32.1. The fourth-order valence-electron chi connectivity index (χ4n) is 3.64. The van der Waals surface area contributed by atoms with E-state index >= 15 is 0 Å². The first kappa shape index (κ1) is 25.0. The standard InChI is InChI=1S/C25H25N5O3.H2S/c1-17(20-9-11-27-25-24(20)32-12-13-33-25)15-28-23-14-21(29-16-30-23)18-5-7-19(8-6-18)22(31)4-2-3-10-26;/h5-9,11,14,16-17H,2-4,12-13,15H2,1H3,(H,28,29,30);1H2/t17-;/m1./s1. The zero-order valence-corrected chi connectivity index (χ0v) is 20.0. The molecule has 8 nitrogen and oxygen atoms in total. The van der Waals surface area contributed by atoms with Crippen molar-refractivity contribution >= 4 is 25.1 Å². The van der Waals surface area contributed by atoms with Gasteiger partial charge in [0.15, 0.2) is 11.5 Å². The molecule has 1 atom stereocenters. The number of hydrogen-bond acceptors (Lipinski definition) is 8. The van der Waals surface area contributed by atoms with Gasteiger partial charge in [-0.2, -0.15) is 18.8 Å². The molecule has 176 valence electrons. The van der Waals surface area contributed by atoms with E-state index in [1.807, 2.05) is 24.3 Å². The summed E-state index contributed by atoms with van der Waals surface area (Å²) >= 11 is 0. The number of nitrogens with zero attached hydrogens (tertiary/aromatic N) is 4. The van der Waals surface area contributed by atoms with Crippen molar-refractivity contribution in [1.82, 2.24) is 15.0 Å². The molecule has 3 heterocycles. The van der Waals surface area contributed by atoms with Crippen LogP contribution in [0.1, 0.15) is 48.0 Å². The minimum atomic E-state index is 0. The summed E-state index contributed by atoms with van der Waals surface area (Å²) in [5, 5.41) is 12.0. The maximum atomic E-state index is 12.2. The Morgan fingerprint density at radius 1 is 1.15 bits per heavy atom. The first-order valence-corrected chi connectivity index (χ1v) is 11.0. The van der Waals surface area contributed by atoms with Gasteiger partial charge in [-0.15, -0.1) is 0 Å². The fourth-order valence-corrected chi connectivity index (χ4v) is 3.64. The van der Waals surface area contributed by atoms with Gasteiger partial charge in [0.1, 0.15) is 25.4 Å². The number of nitrogens with one attached hydrogen (secondary N) is 1. The van der Waals surface area contributed by atoms with Gasteiger partial charge in [-0.25, -0.2) is 15.0 Å². The van der Waals surface area contributed by atoms with Crippen LogP contribution >= 0.6 is 13.5 Å². The van der Waals surface area contributed by atoms with E-state index in [9.17, 15) is 4.79 Å². The van der Waals surface area contributed by atoms with Crippen molar-refractivity contribution in [1.29, 1.82) is 5.26 Å². The van der Waals surface area contributed by atoms with Crippen molar-refractivity contribution in [3.05, 3.63) is 60.0 Å². The first-order chi connectivity index (χ1) is 16.2. The van der Waals surface area contributed by atoms with Crippen molar-refractivity contribution < 1.29 is 14.3 Å². The maximum Gasteiger partial charge on any atom is 0.257 e. The van der Waals surface area contributed by atoms with Gasteiger partial charge in [0.2, 0.25) is 0 Å². The molecule has 9 heteroatoms. The second-order valence-electron chi connectivity index (χ2n) is 7.81. The topological polar surface area (TPSA) is 110 Å². The molecule has 3 aromatic rings. The summed E-state index contributed by atoms with van der Waals surface area (Å²) in [5.74, 6) is 2.16. The summed E-state index contributed by atoms with van der Waals surface area (Å²) in [6.45, 7) is 3.78. The zero-order chi connectivity index (χ0) is 23.0. The number of hydrogen-bond donors (Lipinski definition) is 1. The van der Waals surface area contributed by atoms with E-state index in [1.165, 1.54) is 6.33 Å². The number of unbranched alkanes of at least 4 members (excludes halogenated alkanes) is 1. The lowest BCUT2D eigenvalue weighted by Gasteiger charge is -2.22. The van der Waals surface area contributed by atoms with Crippen molar-refractivity contribution in [2.45, 2.75) is 32.1 Å². The van der Waals surface area contributed by atoms with E-state index in [0.29, 0.717) is 62.0 Å². The molecule has 0 bridgehead atoms. The second-order valence-corrected chi connectivity index (χ2v) is 7.81. The molecule has 1 aliphatic heterocycles. The Bertz CT molecular complexity index is 1160. The monoisotopic (exact) mass is 477 g/mol. The predicted octanol–water partition coefficient (Wildman–Crippen LogP) is 4.51. The van der Waals surface area contributed by atoms with Crippen molar-refractivity contribution in [3.8, 4) is 29.0 Å². The lowest BCUT2D eigenvalue weighted by Crippen LogP contribution is -2.19. The number of nitriles is 1. The van der Waals surface area contributed by atoms with E-state index in [-0.39, 0.29) is 25.2 Å². The summed E-state index contributed by atoms with van der Waals surface area (Å²) in [6.07, 6.45) is 4.61. The number of ether oxygens (including phenoxy) is 2. The van der Waals surface area contributed by atoms with E-state index in [2.05, 4.69) is 33.3 Å². The average Bonchev–Trinajstić information content (AvgIpc) is 2.87. The number of carbonyl (C=O) groups is 1. The van der Waals surface area contributed by atoms with Crippen LogP contribution in [0, 0.1) is 11.3 Å². The number of aromatic nitrogens is 3. The van der Waals surface area contributed by atoms with Crippen LogP contribution < -0.4 is 14.8 Å². The molecule has 0 aliphatic carbocycles. The Morgan fingerprint density at radius 2 is 1.94 bits per heavy atom. The summed E-state index contributed by atoms with van der Waals surface area (Å²) in [6, 6.07) is 13.3. The number of Topliss-reactive ketones (excluding diaryl/α,β-unsaturated/α-hetero) is 1. The lowest BCUT2D eigenvalue weighted by molar-refractivity contribution is 0.0980. The van der Waals surface area contributed by atoms with E-state index in [4.69, 9.17) is 14.7 Å². The third-order valence-corrected chi connectivity index (χ3v) is 5.45. The van der Waals surface area contributed by atoms with Crippen LogP contribution in [0.5, 0.6) is 11.6 Å². The van der Waals surface area contributed by atoms with Gasteiger partial charge in [-0.1, -0.05) is 31.2 Å². The van der Waals surface area contributed by atoms with Gasteiger partial charge in [-0.3, -0.25) is 4.79 Å². The van der Waals surface area contributed by atoms with E-state index in [0.717, 1.165) is 16.8 Å². The van der Waals surface area contributed by atoms with Crippen LogP contribution in [-0.2, 0) is 0 Å². The molecule has 0 amide bonds. The number of anilines is 1. The summed E-state index contributed by atoms with van der Waals surface area (Å²) in [5.41, 5.74) is 3.35. The third kappa shape index (κ3) is 6.02. The van der Waals surface area contributed by atoms with Gasteiger partial charge in [0, 0.05) is 54.3 Å². The van der Waals surface area contributed by atoms with Gasteiger partial charge in [0.05, 0.1) is 11.8 Å². The Labute approximate surface area is 205 Å². The van der Waals surface area contributed by atoms with E-state index in [1.54, 1.807) is 18.3 Å². The van der Waals surface area contributed by atoms with Crippen LogP contribution in [0.3, 0.4) is 0 Å². The average molecular weight is 478 g/mol. The number of carbonyl (C=O) groups excluding carboxylic acids is 1. The SMILES string of the molecule is C[C@H](CNc1cc(-c2ccc(C(=O)CCCC#N)cc2)ncn1)c1ccnc2c1OCCO2.S. The highest BCUT2D eigenvalue weighted by Crippen LogP contribution is 2.35. The summed E-state index contributed by atoms with van der Waals surface area (Å²) < 4.78 is 11.4. The Balaban J connectivity index is 0.00000324. The quantitative estimate of drug-likeness (QED) is 0.354. The molecular weight excluding hydrogens is 450 g/mol. The van der Waals surface area contributed by atoms with E-state index < -0.39 is 0 Å². The number of fused-ring (bicyclic) bond motifs is 1. The van der Waals surface area contributed by atoms with Crippen molar-refractivity contribution in [3.63, 3.8) is 0 Å². The molecule has 2 aromatic heterocycles. The molecular formula is C25H27N5O3S. The van der Waals surface area contributed by atoms with Crippen LogP contribution in [0.4, 0.5) is 5.82 Å². The Morgan fingerprint density at radius 3 is 2.74 bits per heavy atom. The van der Waals surface area contributed by atoms with Gasteiger partial charge in [0.25, 0.3) is 5.88 Å². The lowest BCUT2D eigenvalue weighted by atomic mass is 10.0. The molecule has 4 rings (SSSR count). The summed E-state index contributed by atoms with van der Waals surface area (Å²) in [7, 11) is 0. The van der Waals surface area contributed by atoms with Gasteiger partial charge < -0.3 is 14.8 Å². The minimum absolute atomic E-state index is 0. The number of pyridine rings is 1. The molecule has 1 aromatic carbocycles. The Kier molecular flexibility index (Phi) is 8.82. The predicted molar refractivity (Wildman–Crippen MR) is 134 cm³/mol. The highest BCUT2D eigenvalue weighted by Gasteiger charge is 2.20. The van der Waals surface area contributed by atoms with Crippen LogP contribution in [0.15, 0.2) is 48.9 Å². The molecule has 0 fully saturated rings. The third-order valence-electron chi connectivity index (χ3n) is 5.45. The number of benzene rings is 1. The van der Waals surface area contributed by atoms with Crippen LogP contribution in [0.25, 0.3) is 11.3 Å². The molecule has 1 N–H and O–H groups in total. The molecule has 0 radical (unpaired) electrons. The van der Waals surface area contributed by atoms with Gasteiger partial charge in [-0.05, 0) is 12.5 Å². The molecule has 0 spiro atoms. The first-order valence-electron chi connectivity index (χ1n) is 11.0. The largest absolute Gasteiger partial charge is 0.484 e. The summed E-state index contributed by atoms with van der Waals surface area (Å²) in [4.78, 5) is 25.2. The fraction of sp³-hybridized carbons (Fsp3) is 0.320. The maximum absolute atomic E-state index is 12.2. The highest BCUT2D eigenvalue weighted by molar-refractivity contribution is 7.59. The molecule has 0 saturated carbocycles. The normalized spacial score (nSPS) is 12.7. The number of ketones is 1. The molecule has 34 heavy (non-hydrogen) atoms. The molecule has 0 unspecified atom stereocenters. The van der Waals surface area contributed by atoms with Gasteiger partial charge >= 0.3 is 0 Å². The zero-order valence-electron chi connectivity index (χ0n) is 19.0. The smallest absolute Gasteiger partial charge is 0.257 e. The number of rotatable bonds is 9. The molecule has 0 saturated heterocycles. The van der Waals surface area contributed by atoms with Crippen LogP contribution in [-0.4, -0.2) is 40.5 Å². The van der Waals surface area contributed by atoms with Crippen LogP contribution in [0.2, 0.25) is 0 Å². The second kappa shape index (κ2) is 12.0. The van der Waals surface area contributed by atoms with Crippen molar-refractivity contribution in [2.24, 2.45) is 0 Å². The Hall–Kier alpha value is -3.64. The molecule has 1 aliphatic rings.